The molecule has 0 aromatic rings. The molecule has 2 saturated carbocycles. The summed E-state index contributed by atoms with van der Waals surface area (Å²) in [5.41, 5.74) is 0.226. The van der Waals surface area contributed by atoms with Gasteiger partial charge in [0.05, 0.1) is 0 Å². The molecule has 3 aliphatic rings. The molecule has 112 valence electrons. The Bertz CT molecular complexity index is 419. The molecule has 5 nitrogen and oxygen atoms in total. The lowest BCUT2D eigenvalue weighted by Crippen LogP contribution is -2.50. The Morgan fingerprint density at radius 1 is 1.30 bits per heavy atom. The van der Waals surface area contributed by atoms with Gasteiger partial charge in [-0.2, -0.15) is 0 Å². The number of rotatable bonds is 3. The summed E-state index contributed by atoms with van der Waals surface area (Å²) < 4.78 is 0. The molecule has 2 amide bonds. The molecule has 0 aromatic carbocycles. The minimum Gasteiger partial charge on any atom is -0.480 e. The van der Waals surface area contributed by atoms with Crippen molar-refractivity contribution in [3.8, 4) is 0 Å². The predicted octanol–water partition coefficient (Wildman–Crippen LogP) is 2.07. The van der Waals surface area contributed by atoms with Crippen molar-refractivity contribution >= 4 is 12.0 Å². The number of hydrogen-bond acceptors (Lipinski definition) is 2. The van der Waals surface area contributed by atoms with Crippen molar-refractivity contribution in [2.75, 3.05) is 13.1 Å². The third-order valence-electron chi connectivity index (χ3n) is 5.63. The molecule has 20 heavy (non-hydrogen) atoms. The zero-order chi connectivity index (χ0) is 14.3. The molecule has 0 aromatic heterocycles. The van der Waals surface area contributed by atoms with Gasteiger partial charge in [-0.15, -0.1) is 0 Å². The van der Waals surface area contributed by atoms with Gasteiger partial charge in [0.2, 0.25) is 0 Å². The molecule has 0 bridgehead atoms. The number of carbonyl (C=O) groups is 2. The highest BCUT2D eigenvalue weighted by molar-refractivity contribution is 5.83. The van der Waals surface area contributed by atoms with Crippen LogP contribution in [0.1, 0.15) is 45.4 Å². The number of nitrogens with one attached hydrogen (secondary N) is 1. The Morgan fingerprint density at radius 2 is 2.05 bits per heavy atom. The lowest BCUT2D eigenvalue weighted by molar-refractivity contribution is -0.142. The first kappa shape index (κ1) is 13.7. The number of aliphatic carboxylic acids is 1. The summed E-state index contributed by atoms with van der Waals surface area (Å²) in [5, 5.41) is 12.4. The van der Waals surface area contributed by atoms with E-state index in [2.05, 4.69) is 12.2 Å². The van der Waals surface area contributed by atoms with E-state index in [1.807, 2.05) is 0 Å². The van der Waals surface area contributed by atoms with Crippen LogP contribution in [0.3, 0.4) is 0 Å². The topological polar surface area (TPSA) is 69.6 Å². The number of likely N-dealkylation sites (tertiary alicyclic amines) is 1. The van der Waals surface area contributed by atoms with Gasteiger partial charge in [0.15, 0.2) is 0 Å². The van der Waals surface area contributed by atoms with Crippen LogP contribution in [0.4, 0.5) is 4.79 Å². The second kappa shape index (κ2) is 4.93. The van der Waals surface area contributed by atoms with Crippen molar-refractivity contribution in [3.05, 3.63) is 0 Å². The molecule has 1 aliphatic heterocycles. The van der Waals surface area contributed by atoms with E-state index in [9.17, 15) is 14.7 Å². The maximum Gasteiger partial charge on any atom is 0.326 e. The Morgan fingerprint density at radius 3 is 2.65 bits per heavy atom. The Balaban J connectivity index is 1.63. The van der Waals surface area contributed by atoms with Gasteiger partial charge in [0.1, 0.15) is 6.04 Å². The first-order valence-electron chi connectivity index (χ1n) is 7.77. The lowest BCUT2D eigenvalue weighted by atomic mass is 9.70. The summed E-state index contributed by atoms with van der Waals surface area (Å²) >= 11 is 0. The molecular formula is C15H24N2O3. The van der Waals surface area contributed by atoms with Crippen LogP contribution in [0.15, 0.2) is 0 Å². The van der Waals surface area contributed by atoms with Crippen LogP contribution < -0.4 is 5.32 Å². The monoisotopic (exact) mass is 280 g/mol. The number of carboxylic acid groups (broad SMARTS) is 1. The number of urea groups is 1. The summed E-state index contributed by atoms with van der Waals surface area (Å²) in [6, 6.07) is -0.795. The minimum atomic E-state index is -0.843. The number of fused-ring (bicyclic) bond motifs is 1. The van der Waals surface area contributed by atoms with Gasteiger partial charge in [-0.25, -0.2) is 9.59 Å². The van der Waals surface area contributed by atoms with Crippen LogP contribution in [0, 0.1) is 17.3 Å². The molecule has 3 fully saturated rings. The van der Waals surface area contributed by atoms with E-state index in [1.165, 1.54) is 6.42 Å². The molecule has 3 atom stereocenters. The van der Waals surface area contributed by atoms with Gasteiger partial charge in [0.25, 0.3) is 0 Å². The molecule has 0 spiro atoms. The highest BCUT2D eigenvalue weighted by atomic mass is 16.4. The van der Waals surface area contributed by atoms with Crippen molar-refractivity contribution in [1.29, 1.82) is 0 Å². The fourth-order valence-electron chi connectivity index (χ4n) is 4.18. The summed E-state index contributed by atoms with van der Waals surface area (Å²) in [6.45, 7) is 3.47. The van der Waals surface area contributed by atoms with E-state index >= 15 is 0 Å². The van der Waals surface area contributed by atoms with E-state index in [-0.39, 0.29) is 17.4 Å². The van der Waals surface area contributed by atoms with Crippen molar-refractivity contribution in [2.45, 2.75) is 51.5 Å². The van der Waals surface area contributed by atoms with Crippen LogP contribution in [-0.4, -0.2) is 41.1 Å². The highest BCUT2D eigenvalue weighted by Crippen LogP contribution is 2.43. The van der Waals surface area contributed by atoms with Crippen molar-refractivity contribution in [3.63, 3.8) is 0 Å². The second-order valence-corrected chi connectivity index (χ2v) is 7.11. The lowest BCUT2D eigenvalue weighted by Gasteiger charge is -2.39. The summed E-state index contributed by atoms with van der Waals surface area (Å²) in [4.78, 5) is 25.4. The van der Waals surface area contributed by atoms with Crippen LogP contribution in [0.2, 0.25) is 0 Å². The summed E-state index contributed by atoms with van der Waals surface area (Å²) in [6.07, 6.45) is 6.66. The third-order valence-corrected chi connectivity index (χ3v) is 5.63. The van der Waals surface area contributed by atoms with Crippen LogP contribution in [0.5, 0.6) is 0 Å². The molecule has 5 heteroatoms. The van der Waals surface area contributed by atoms with E-state index in [0.29, 0.717) is 19.0 Å². The van der Waals surface area contributed by atoms with Gasteiger partial charge in [0, 0.05) is 13.1 Å². The number of carbonyl (C=O) groups excluding carboxylic acids is 1. The predicted molar refractivity (Wildman–Crippen MR) is 74.3 cm³/mol. The van der Waals surface area contributed by atoms with Crippen LogP contribution in [-0.2, 0) is 4.79 Å². The first-order chi connectivity index (χ1) is 9.50. The molecular weight excluding hydrogens is 256 g/mol. The normalized spacial score (nSPS) is 34.5. The van der Waals surface area contributed by atoms with Crippen molar-refractivity contribution < 1.29 is 14.7 Å². The first-order valence-corrected chi connectivity index (χ1v) is 7.77. The third kappa shape index (κ3) is 2.27. The van der Waals surface area contributed by atoms with Crippen LogP contribution >= 0.6 is 0 Å². The second-order valence-electron chi connectivity index (χ2n) is 7.11. The van der Waals surface area contributed by atoms with Gasteiger partial charge in [-0.3, -0.25) is 0 Å². The summed E-state index contributed by atoms with van der Waals surface area (Å²) in [5.74, 6) is -0.289. The Hall–Kier alpha value is -1.26. The van der Waals surface area contributed by atoms with E-state index < -0.39 is 12.0 Å². The molecule has 2 N–H and O–H groups in total. The van der Waals surface area contributed by atoms with Crippen molar-refractivity contribution in [1.82, 2.24) is 10.2 Å². The Labute approximate surface area is 119 Å². The molecule has 1 saturated heterocycles. The highest BCUT2D eigenvalue weighted by Gasteiger charge is 2.49. The Kier molecular flexibility index (Phi) is 3.38. The van der Waals surface area contributed by atoms with E-state index in [0.717, 1.165) is 32.1 Å². The minimum absolute atomic E-state index is 0.164. The number of nitrogens with zero attached hydrogens (tertiary/aromatic N) is 1. The van der Waals surface area contributed by atoms with Gasteiger partial charge < -0.3 is 15.3 Å². The fourth-order valence-corrected chi connectivity index (χ4v) is 4.18. The van der Waals surface area contributed by atoms with E-state index in [1.54, 1.807) is 4.90 Å². The summed E-state index contributed by atoms with van der Waals surface area (Å²) in [7, 11) is 0. The molecule has 0 radical (unpaired) electrons. The zero-order valence-electron chi connectivity index (χ0n) is 12.1. The average molecular weight is 280 g/mol. The van der Waals surface area contributed by atoms with Gasteiger partial charge >= 0.3 is 12.0 Å². The average Bonchev–Trinajstić information content (AvgIpc) is 2.92. The standard InChI is InChI=1S/C15H24N2O3/c1-15(6-3-7-15)9-16-14(20)17-8-10-4-2-5-11(10)12(17)13(18)19/h10-12H,2-9H2,1H3,(H,16,20)(H,18,19). The molecule has 2 aliphatic carbocycles. The van der Waals surface area contributed by atoms with E-state index in [4.69, 9.17) is 0 Å². The number of carboxylic acids is 1. The quantitative estimate of drug-likeness (QED) is 0.831. The molecule has 3 unspecified atom stereocenters. The van der Waals surface area contributed by atoms with Gasteiger partial charge in [-0.05, 0) is 42.9 Å². The fraction of sp³-hybridized carbons (Fsp3) is 0.867. The van der Waals surface area contributed by atoms with Gasteiger partial charge in [-0.1, -0.05) is 19.8 Å². The maximum absolute atomic E-state index is 12.3. The van der Waals surface area contributed by atoms with Crippen molar-refractivity contribution in [2.24, 2.45) is 17.3 Å². The maximum atomic E-state index is 12.3. The number of amides is 2. The molecule has 1 heterocycles. The van der Waals surface area contributed by atoms with Crippen LogP contribution in [0.25, 0.3) is 0 Å². The smallest absolute Gasteiger partial charge is 0.326 e. The number of hydrogen-bond donors (Lipinski definition) is 2. The molecule has 3 rings (SSSR count). The zero-order valence-corrected chi connectivity index (χ0v) is 12.1. The largest absolute Gasteiger partial charge is 0.480 e. The SMILES string of the molecule is CC1(CNC(=O)N2CC3CCCC3C2C(=O)O)CCC1.